The summed E-state index contributed by atoms with van der Waals surface area (Å²) in [5.41, 5.74) is 2.64. The van der Waals surface area contributed by atoms with Crippen molar-refractivity contribution in [2.24, 2.45) is 4.99 Å². The first-order valence-electron chi connectivity index (χ1n) is 8.44. The van der Waals surface area contributed by atoms with Crippen molar-refractivity contribution < 1.29 is 18.9 Å². The van der Waals surface area contributed by atoms with Crippen LogP contribution in [-0.4, -0.2) is 16.8 Å². The second-order valence-electron chi connectivity index (χ2n) is 6.21. The van der Waals surface area contributed by atoms with Gasteiger partial charge in [0.25, 0.3) is 5.69 Å². The minimum Gasteiger partial charge on any atom is -0.457 e. The molecule has 28 heavy (non-hydrogen) atoms. The number of furan rings is 1. The standard InChI is InChI=1S/C21H14N2O5/c1-13-2-4-15(5-3-13)20-22-18(21(24)28-20)12-17-10-11-19(27-17)14-6-8-16(9-7-14)23(25)26/h2-12H,1H3/b18-12-. The van der Waals surface area contributed by atoms with Crippen molar-refractivity contribution >= 4 is 23.6 Å². The summed E-state index contributed by atoms with van der Waals surface area (Å²) in [5, 5.41) is 10.7. The number of esters is 1. The van der Waals surface area contributed by atoms with E-state index in [9.17, 15) is 14.9 Å². The summed E-state index contributed by atoms with van der Waals surface area (Å²) in [6.45, 7) is 1.97. The number of aliphatic imine (C=N–C) groups is 1. The van der Waals surface area contributed by atoms with Crippen LogP contribution < -0.4 is 0 Å². The molecule has 0 aliphatic carbocycles. The predicted molar refractivity (Wildman–Crippen MR) is 103 cm³/mol. The van der Waals surface area contributed by atoms with Crippen LogP contribution >= 0.6 is 0 Å². The first kappa shape index (κ1) is 17.4. The smallest absolute Gasteiger partial charge is 0.363 e. The van der Waals surface area contributed by atoms with Gasteiger partial charge in [-0.05, 0) is 43.3 Å². The third-order valence-electron chi connectivity index (χ3n) is 4.19. The summed E-state index contributed by atoms with van der Waals surface area (Å²) in [4.78, 5) is 26.6. The molecule has 0 fully saturated rings. The van der Waals surface area contributed by atoms with Crippen LogP contribution in [0.3, 0.4) is 0 Å². The third kappa shape index (κ3) is 3.45. The lowest BCUT2D eigenvalue weighted by molar-refractivity contribution is -0.384. The van der Waals surface area contributed by atoms with Crippen LogP contribution in [0.1, 0.15) is 16.9 Å². The Balaban J connectivity index is 1.58. The molecule has 0 spiro atoms. The van der Waals surface area contributed by atoms with Gasteiger partial charge in [-0.3, -0.25) is 10.1 Å². The summed E-state index contributed by atoms with van der Waals surface area (Å²) in [7, 11) is 0. The third-order valence-corrected chi connectivity index (χ3v) is 4.19. The van der Waals surface area contributed by atoms with Crippen LogP contribution in [0.25, 0.3) is 17.4 Å². The van der Waals surface area contributed by atoms with E-state index in [1.54, 1.807) is 24.3 Å². The SMILES string of the molecule is Cc1ccc(C2=N/C(=C\c3ccc(-c4ccc([N+](=O)[O-])cc4)o3)C(=O)O2)cc1. The second-order valence-corrected chi connectivity index (χ2v) is 6.21. The van der Waals surface area contributed by atoms with Crippen molar-refractivity contribution in [3.05, 3.63) is 93.4 Å². The maximum atomic E-state index is 12.1. The van der Waals surface area contributed by atoms with E-state index in [0.717, 1.165) is 5.56 Å². The lowest BCUT2D eigenvalue weighted by atomic mass is 10.1. The molecule has 7 nitrogen and oxygen atoms in total. The van der Waals surface area contributed by atoms with Gasteiger partial charge in [0.15, 0.2) is 5.70 Å². The molecule has 0 atom stereocenters. The Morgan fingerprint density at radius 1 is 0.964 bits per heavy atom. The molecule has 0 saturated carbocycles. The largest absolute Gasteiger partial charge is 0.457 e. The summed E-state index contributed by atoms with van der Waals surface area (Å²) < 4.78 is 11.0. The van der Waals surface area contributed by atoms with E-state index in [-0.39, 0.29) is 17.3 Å². The van der Waals surface area contributed by atoms with Gasteiger partial charge in [0.1, 0.15) is 11.5 Å². The molecule has 138 valence electrons. The fourth-order valence-electron chi connectivity index (χ4n) is 2.70. The Bertz CT molecular complexity index is 1120. The Morgan fingerprint density at radius 2 is 1.64 bits per heavy atom. The molecular weight excluding hydrogens is 360 g/mol. The number of benzene rings is 2. The zero-order valence-corrected chi connectivity index (χ0v) is 14.8. The predicted octanol–water partition coefficient (Wildman–Crippen LogP) is 4.51. The van der Waals surface area contributed by atoms with Gasteiger partial charge in [0, 0.05) is 29.3 Å². The molecule has 2 aromatic carbocycles. The highest BCUT2D eigenvalue weighted by molar-refractivity contribution is 6.12. The normalized spacial score (nSPS) is 14.8. The average Bonchev–Trinajstić information content (AvgIpc) is 3.30. The number of carbonyl (C=O) groups is 1. The fourth-order valence-corrected chi connectivity index (χ4v) is 2.70. The Hall–Kier alpha value is -4.00. The molecule has 4 rings (SSSR count). The van der Waals surface area contributed by atoms with Crippen molar-refractivity contribution in [1.29, 1.82) is 0 Å². The summed E-state index contributed by atoms with van der Waals surface area (Å²) in [6.07, 6.45) is 1.50. The van der Waals surface area contributed by atoms with Gasteiger partial charge in [-0.15, -0.1) is 0 Å². The molecule has 7 heteroatoms. The molecule has 1 aromatic heterocycles. The van der Waals surface area contributed by atoms with Crippen molar-refractivity contribution in [3.63, 3.8) is 0 Å². The lowest BCUT2D eigenvalue weighted by Gasteiger charge is -1.99. The maximum Gasteiger partial charge on any atom is 0.363 e. The Labute approximate surface area is 159 Å². The molecule has 2 heterocycles. The molecular formula is C21H14N2O5. The number of carbonyl (C=O) groups excluding carboxylic acids is 1. The minimum absolute atomic E-state index is 0.00400. The van der Waals surface area contributed by atoms with Crippen LogP contribution in [0.5, 0.6) is 0 Å². The van der Waals surface area contributed by atoms with Crippen LogP contribution in [-0.2, 0) is 9.53 Å². The van der Waals surface area contributed by atoms with Gasteiger partial charge in [0.2, 0.25) is 5.90 Å². The van der Waals surface area contributed by atoms with Crippen LogP contribution in [0.4, 0.5) is 5.69 Å². The van der Waals surface area contributed by atoms with Crippen molar-refractivity contribution in [3.8, 4) is 11.3 Å². The molecule has 0 bridgehead atoms. The Kier molecular flexibility index (Phi) is 4.33. The number of hydrogen-bond acceptors (Lipinski definition) is 6. The first-order valence-corrected chi connectivity index (χ1v) is 8.44. The molecule has 0 saturated heterocycles. The first-order chi connectivity index (χ1) is 13.5. The number of cyclic esters (lactones) is 1. The van der Waals surface area contributed by atoms with E-state index in [1.165, 1.54) is 18.2 Å². The van der Waals surface area contributed by atoms with E-state index in [0.29, 0.717) is 22.6 Å². The molecule has 3 aromatic rings. The monoisotopic (exact) mass is 374 g/mol. The highest BCUT2D eigenvalue weighted by Gasteiger charge is 2.24. The molecule has 0 radical (unpaired) electrons. The number of aryl methyl sites for hydroxylation is 1. The minimum atomic E-state index is -0.552. The van der Waals surface area contributed by atoms with Crippen molar-refractivity contribution in [1.82, 2.24) is 0 Å². The van der Waals surface area contributed by atoms with Gasteiger partial charge >= 0.3 is 5.97 Å². The van der Waals surface area contributed by atoms with E-state index in [2.05, 4.69) is 4.99 Å². The summed E-state index contributed by atoms with van der Waals surface area (Å²) >= 11 is 0. The summed E-state index contributed by atoms with van der Waals surface area (Å²) in [5.74, 6) is 0.646. The number of nitro groups is 1. The number of hydrogen-bond donors (Lipinski definition) is 0. The fraction of sp³-hybridized carbons (Fsp3) is 0.0476. The van der Waals surface area contributed by atoms with E-state index >= 15 is 0 Å². The van der Waals surface area contributed by atoms with Gasteiger partial charge in [-0.25, -0.2) is 9.79 Å². The molecule has 0 N–H and O–H groups in total. The van der Waals surface area contributed by atoms with Crippen LogP contribution in [0.15, 0.2) is 75.8 Å². The number of nitrogens with zero attached hydrogens (tertiary/aromatic N) is 2. The highest BCUT2D eigenvalue weighted by atomic mass is 16.6. The second kappa shape index (κ2) is 6.96. The van der Waals surface area contributed by atoms with Crippen LogP contribution in [0.2, 0.25) is 0 Å². The van der Waals surface area contributed by atoms with Crippen LogP contribution in [0, 0.1) is 17.0 Å². The quantitative estimate of drug-likeness (QED) is 0.290. The molecule has 1 aliphatic heterocycles. The van der Waals surface area contributed by atoms with Crippen molar-refractivity contribution in [2.75, 3.05) is 0 Å². The van der Waals surface area contributed by atoms with E-state index in [4.69, 9.17) is 9.15 Å². The highest BCUT2D eigenvalue weighted by Crippen LogP contribution is 2.26. The van der Waals surface area contributed by atoms with E-state index < -0.39 is 10.9 Å². The Morgan fingerprint density at radius 3 is 2.32 bits per heavy atom. The number of nitro benzene ring substituents is 1. The number of non-ortho nitro benzene ring substituents is 1. The van der Waals surface area contributed by atoms with E-state index in [1.807, 2.05) is 31.2 Å². The molecule has 1 aliphatic rings. The molecule has 0 unspecified atom stereocenters. The van der Waals surface area contributed by atoms with Crippen molar-refractivity contribution in [2.45, 2.75) is 6.92 Å². The zero-order chi connectivity index (χ0) is 19.7. The van der Waals surface area contributed by atoms with Gasteiger partial charge in [-0.2, -0.15) is 0 Å². The number of ether oxygens (including phenoxy) is 1. The average molecular weight is 374 g/mol. The zero-order valence-electron chi connectivity index (χ0n) is 14.8. The number of rotatable bonds is 4. The van der Waals surface area contributed by atoms with Gasteiger partial charge in [-0.1, -0.05) is 17.7 Å². The molecule has 0 amide bonds. The maximum absolute atomic E-state index is 12.1. The topological polar surface area (TPSA) is 94.9 Å². The van der Waals surface area contributed by atoms with Gasteiger partial charge in [0.05, 0.1) is 4.92 Å². The lowest BCUT2D eigenvalue weighted by Crippen LogP contribution is -2.05. The summed E-state index contributed by atoms with van der Waals surface area (Å²) in [6, 6.07) is 16.9. The van der Waals surface area contributed by atoms with Gasteiger partial charge < -0.3 is 9.15 Å².